The van der Waals surface area contributed by atoms with Crippen LogP contribution >= 0.6 is 0 Å². The molecule has 29 heavy (non-hydrogen) atoms. The molecule has 0 aliphatic heterocycles. The zero-order valence-electron chi connectivity index (χ0n) is 17.1. The van der Waals surface area contributed by atoms with Crippen LogP contribution in [0.1, 0.15) is 57.3 Å². The van der Waals surface area contributed by atoms with Crippen LogP contribution in [0.2, 0.25) is 0 Å². The molecule has 0 unspecified atom stereocenters. The van der Waals surface area contributed by atoms with Gasteiger partial charge in [0.05, 0.1) is 0 Å². The van der Waals surface area contributed by atoms with E-state index in [1.54, 1.807) is 32.9 Å². The van der Waals surface area contributed by atoms with E-state index in [1.165, 1.54) is 19.1 Å². The lowest BCUT2D eigenvalue weighted by molar-refractivity contribution is -0.139. The van der Waals surface area contributed by atoms with Gasteiger partial charge in [0, 0.05) is 12.1 Å². The minimum atomic E-state index is -1.16. The number of carboxylic acid groups (broad SMARTS) is 1. The fourth-order valence-electron chi connectivity index (χ4n) is 2.27. The van der Waals surface area contributed by atoms with Gasteiger partial charge < -0.3 is 25.2 Å². The van der Waals surface area contributed by atoms with Crippen molar-refractivity contribution in [3.05, 3.63) is 29.8 Å². The molecule has 160 valence electrons. The average Bonchev–Trinajstić information content (AvgIpc) is 2.59. The standard InChI is InChI=1S/C20H28N2O7/c1-13(23)14-8-10-15(11-9-14)28-18(26)21-12-6-5-7-16(17(24)25)22-19(27)29-20(2,3)4/h8-11,16H,5-7,12H2,1-4H3,(H,21,26)(H,22,27)(H,24,25)/t16-/m0/s1. The minimum absolute atomic E-state index is 0.0816. The van der Waals surface area contributed by atoms with Crippen molar-refractivity contribution in [3.8, 4) is 5.75 Å². The fraction of sp³-hybridized carbons (Fsp3) is 0.500. The largest absolute Gasteiger partial charge is 0.480 e. The van der Waals surface area contributed by atoms with E-state index in [0.717, 1.165) is 0 Å². The maximum Gasteiger partial charge on any atom is 0.412 e. The second-order valence-corrected chi connectivity index (χ2v) is 7.43. The molecule has 0 bridgehead atoms. The second-order valence-electron chi connectivity index (χ2n) is 7.43. The van der Waals surface area contributed by atoms with Crippen molar-refractivity contribution in [2.24, 2.45) is 0 Å². The third-order valence-electron chi connectivity index (χ3n) is 3.65. The second kappa shape index (κ2) is 11.0. The first-order chi connectivity index (χ1) is 13.5. The number of hydrogen-bond acceptors (Lipinski definition) is 6. The molecule has 0 aromatic heterocycles. The molecule has 0 radical (unpaired) electrons. The van der Waals surface area contributed by atoms with Crippen LogP contribution in [0.15, 0.2) is 24.3 Å². The predicted octanol–water partition coefficient (Wildman–Crippen LogP) is 3.13. The topological polar surface area (TPSA) is 131 Å². The Labute approximate surface area is 169 Å². The Morgan fingerprint density at radius 1 is 1.03 bits per heavy atom. The van der Waals surface area contributed by atoms with E-state index in [0.29, 0.717) is 24.2 Å². The fourth-order valence-corrected chi connectivity index (χ4v) is 2.27. The van der Waals surface area contributed by atoms with Crippen molar-refractivity contribution in [1.29, 1.82) is 0 Å². The van der Waals surface area contributed by atoms with Gasteiger partial charge in [-0.3, -0.25) is 4.79 Å². The highest BCUT2D eigenvalue weighted by Crippen LogP contribution is 2.13. The summed E-state index contributed by atoms with van der Waals surface area (Å²) in [7, 11) is 0. The van der Waals surface area contributed by atoms with Crippen LogP contribution in [0.25, 0.3) is 0 Å². The van der Waals surface area contributed by atoms with Gasteiger partial charge in [-0.15, -0.1) is 0 Å². The number of rotatable bonds is 9. The molecule has 1 aromatic carbocycles. The SMILES string of the molecule is CC(=O)c1ccc(OC(=O)NCCCC[C@H](NC(=O)OC(C)(C)C)C(=O)O)cc1. The van der Waals surface area contributed by atoms with Crippen molar-refractivity contribution in [3.63, 3.8) is 0 Å². The summed E-state index contributed by atoms with van der Waals surface area (Å²) in [5.74, 6) is -0.931. The van der Waals surface area contributed by atoms with Crippen molar-refractivity contribution < 1.29 is 33.8 Å². The Morgan fingerprint density at radius 2 is 1.66 bits per heavy atom. The van der Waals surface area contributed by atoms with Gasteiger partial charge in [0.1, 0.15) is 17.4 Å². The summed E-state index contributed by atoms with van der Waals surface area (Å²) in [4.78, 5) is 45.9. The first kappa shape index (κ1) is 23.9. The van der Waals surface area contributed by atoms with Crippen molar-refractivity contribution >= 4 is 23.9 Å². The summed E-state index contributed by atoms with van der Waals surface area (Å²) >= 11 is 0. The number of carbonyl (C=O) groups excluding carboxylic acids is 3. The van der Waals surface area contributed by atoms with Crippen LogP contribution in [0.4, 0.5) is 9.59 Å². The minimum Gasteiger partial charge on any atom is -0.480 e. The highest BCUT2D eigenvalue weighted by Gasteiger charge is 2.23. The Kier molecular flexibility index (Phi) is 9.11. The van der Waals surface area contributed by atoms with Crippen LogP contribution in [0.5, 0.6) is 5.75 Å². The zero-order valence-corrected chi connectivity index (χ0v) is 17.1. The summed E-state index contributed by atoms with van der Waals surface area (Å²) in [5.41, 5.74) is -0.199. The van der Waals surface area contributed by atoms with Crippen LogP contribution in [0, 0.1) is 0 Å². The van der Waals surface area contributed by atoms with Crippen LogP contribution < -0.4 is 15.4 Å². The van der Waals surface area contributed by atoms with Crippen LogP contribution in [-0.4, -0.2) is 47.2 Å². The zero-order chi connectivity index (χ0) is 22.0. The molecule has 0 fully saturated rings. The van der Waals surface area contributed by atoms with Gasteiger partial charge in [0.15, 0.2) is 5.78 Å². The van der Waals surface area contributed by atoms with E-state index in [1.807, 2.05) is 0 Å². The number of amides is 2. The molecule has 1 atom stereocenters. The van der Waals surface area contributed by atoms with Crippen molar-refractivity contribution in [2.45, 2.75) is 58.6 Å². The van der Waals surface area contributed by atoms with E-state index in [2.05, 4.69) is 10.6 Å². The van der Waals surface area contributed by atoms with Gasteiger partial charge in [-0.05, 0) is 71.2 Å². The van der Waals surface area contributed by atoms with E-state index in [4.69, 9.17) is 9.47 Å². The molecular formula is C20H28N2O7. The molecule has 0 aliphatic carbocycles. The number of carbonyl (C=O) groups is 4. The average molecular weight is 408 g/mol. The Balaban J connectivity index is 2.31. The molecule has 2 amide bonds. The van der Waals surface area contributed by atoms with Gasteiger partial charge >= 0.3 is 18.2 Å². The number of nitrogens with one attached hydrogen (secondary N) is 2. The van der Waals surface area contributed by atoms with E-state index < -0.39 is 29.8 Å². The number of aliphatic carboxylic acids is 1. The molecule has 3 N–H and O–H groups in total. The lowest BCUT2D eigenvalue weighted by Crippen LogP contribution is -2.43. The van der Waals surface area contributed by atoms with E-state index >= 15 is 0 Å². The quantitative estimate of drug-likeness (QED) is 0.422. The number of hydrogen-bond donors (Lipinski definition) is 3. The molecule has 9 nitrogen and oxygen atoms in total. The number of benzene rings is 1. The summed E-state index contributed by atoms with van der Waals surface area (Å²) in [6.45, 7) is 6.78. The molecule has 0 saturated carbocycles. The highest BCUT2D eigenvalue weighted by molar-refractivity contribution is 5.94. The Bertz CT molecular complexity index is 723. The van der Waals surface area contributed by atoms with E-state index in [-0.39, 0.29) is 18.7 Å². The Hall–Kier alpha value is -3.10. The van der Waals surface area contributed by atoms with Crippen molar-refractivity contribution in [2.75, 3.05) is 6.54 Å². The van der Waals surface area contributed by atoms with Gasteiger partial charge in [-0.25, -0.2) is 14.4 Å². The van der Waals surface area contributed by atoms with E-state index in [9.17, 15) is 24.3 Å². The normalized spacial score (nSPS) is 11.9. The number of ketones is 1. The smallest absolute Gasteiger partial charge is 0.412 e. The number of carboxylic acids is 1. The summed E-state index contributed by atoms with van der Waals surface area (Å²) < 4.78 is 10.1. The molecule has 1 aromatic rings. The molecular weight excluding hydrogens is 380 g/mol. The molecule has 9 heteroatoms. The number of unbranched alkanes of at least 4 members (excludes halogenated alkanes) is 1. The lowest BCUT2D eigenvalue weighted by atomic mass is 10.1. The van der Waals surface area contributed by atoms with Gasteiger partial charge in [-0.2, -0.15) is 0 Å². The highest BCUT2D eigenvalue weighted by atomic mass is 16.6. The Morgan fingerprint density at radius 3 is 2.17 bits per heavy atom. The summed E-state index contributed by atoms with van der Waals surface area (Å²) in [6.07, 6.45) is -0.291. The molecule has 0 spiro atoms. The maximum atomic E-state index is 11.7. The van der Waals surface area contributed by atoms with Gasteiger partial charge in [0.2, 0.25) is 0 Å². The number of Topliss-reactive ketones (excluding diaryl/α,β-unsaturated/α-hetero) is 1. The monoisotopic (exact) mass is 408 g/mol. The summed E-state index contributed by atoms with van der Waals surface area (Å²) in [5, 5.41) is 14.1. The molecule has 0 aliphatic rings. The molecule has 1 rings (SSSR count). The number of ether oxygens (including phenoxy) is 2. The van der Waals surface area contributed by atoms with Crippen LogP contribution in [-0.2, 0) is 9.53 Å². The third-order valence-corrected chi connectivity index (χ3v) is 3.65. The first-order valence-corrected chi connectivity index (χ1v) is 9.27. The van der Waals surface area contributed by atoms with Gasteiger partial charge in [0.25, 0.3) is 0 Å². The van der Waals surface area contributed by atoms with Crippen LogP contribution in [0.3, 0.4) is 0 Å². The molecule has 0 heterocycles. The lowest BCUT2D eigenvalue weighted by Gasteiger charge is -2.22. The van der Waals surface area contributed by atoms with Gasteiger partial charge in [-0.1, -0.05) is 0 Å². The third kappa shape index (κ3) is 10.1. The van der Waals surface area contributed by atoms with Crippen molar-refractivity contribution in [1.82, 2.24) is 10.6 Å². The number of alkyl carbamates (subject to hydrolysis) is 1. The summed E-state index contributed by atoms with van der Waals surface area (Å²) in [6, 6.07) is 5.10. The first-order valence-electron chi connectivity index (χ1n) is 9.27. The molecule has 0 saturated heterocycles. The maximum absolute atomic E-state index is 11.7. The predicted molar refractivity (Wildman–Crippen MR) is 105 cm³/mol.